The van der Waals surface area contributed by atoms with Gasteiger partial charge in [-0.1, -0.05) is 72.8 Å². The van der Waals surface area contributed by atoms with Crippen molar-refractivity contribution in [2.45, 2.75) is 32.2 Å². The number of ether oxygens (including phenoxy) is 2. The summed E-state index contributed by atoms with van der Waals surface area (Å²) >= 11 is 0. The van der Waals surface area contributed by atoms with Crippen molar-refractivity contribution in [3.8, 4) is 5.75 Å². The molecule has 0 spiro atoms. The SMILES string of the molecule is COc1ccc(COC(C[n+]2ccn(CCc3ccccc3)c2)c2ccccc2)cc1. The lowest BCUT2D eigenvalue weighted by Gasteiger charge is -2.17. The Morgan fingerprint density at radius 3 is 2.26 bits per heavy atom. The van der Waals surface area contributed by atoms with Crippen LogP contribution in [0.15, 0.2) is 104 Å². The third-order valence-corrected chi connectivity index (χ3v) is 5.41. The third-order valence-electron chi connectivity index (χ3n) is 5.41. The summed E-state index contributed by atoms with van der Waals surface area (Å²) in [6.07, 6.45) is 7.41. The first kappa shape index (κ1) is 20.9. The average Bonchev–Trinajstić information content (AvgIpc) is 3.29. The predicted octanol–water partition coefficient (Wildman–Crippen LogP) is 4.99. The van der Waals surface area contributed by atoms with Gasteiger partial charge in [-0.3, -0.25) is 0 Å². The fraction of sp³-hybridized carbons (Fsp3) is 0.222. The number of aromatic nitrogens is 2. The van der Waals surface area contributed by atoms with Crippen LogP contribution < -0.4 is 9.30 Å². The summed E-state index contributed by atoms with van der Waals surface area (Å²) in [5, 5.41) is 0. The summed E-state index contributed by atoms with van der Waals surface area (Å²) in [5.41, 5.74) is 3.67. The molecule has 4 rings (SSSR count). The molecule has 1 heterocycles. The molecule has 0 aliphatic heterocycles. The molecule has 0 fully saturated rings. The highest BCUT2D eigenvalue weighted by Gasteiger charge is 2.17. The molecule has 0 saturated carbocycles. The maximum atomic E-state index is 6.36. The molecule has 0 aliphatic rings. The van der Waals surface area contributed by atoms with Crippen molar-refractivity contribution >= 4 is 0 Å². The molecule has 1 aromatic heterocycles. The van der Waals surface area contributed by atoms with Crippen molar-refractivity contribution in [3.63, 3.8) is 0 Å². The smallest absolute Gasteiger partial charge is 0.243 e. The van der Waals surface area contributed by atoms with Crippen LogP contribution >= 0.6 is 0 Å². The number of nitrogens with zero attached hydrogens (tertiary/aromatic N) is 2. The summed E-state index contributed by atoms with van der Waals surface area (Å²) in [4.78, 5) is 0. The van der Waals surface area contributed by atoms with Crippen LogP contribution in [-0.4, -0.2) is 11.7 Å². The van der Waals surface area contributed by atoms with Crippen LogP contribution in [0.25, 0.3) is 0 Å². The van der Waals surface area contributed by atoms with E-state index in [2.05, 4.69) is 82.5 Å². The van der Waals surface area contributed by atoms with E-state index in [4.69, 9.17) is 9.47 Å². The van der Waals surface area contributed by atoms with E-state index in [0.29, 0.717) is 6.61 Å². The summed E-state index contributed by atoms with van der Waals surface area (Å²) in [7, 11) is 1.68. The van der Waals surface area contributed by atoms with Crippen LogP contribution in [-0.2, 0) is 30.9 Å². The van der Waals surface area contributed by atoms with E-state index < -0.39 is 0 Å². The summed E-state index contributed by atoms with van der Waals surface area (Å²) < 4.78 is 16.0. The average molecular weight is 414 g/mol. The van der Waals surface area contributed by atoms with Gasteiger partial charge in [-0.25, -0.2) is 9.13 Å². The quantitative estimate of drug-likeness (QED) is 0.343. The van der Waals surface area contributed by atoms with Crippen LogP contribution in [0.1, 0.15) is 22.8 Å². The molecule has 31 heavy (non-hydrogen) atoms. The van der Waals surface area contributed by atoms with Crippen molar-refractivity contribution < 1.29 is 14.0 Å². The maximum Gasteiger partial charge on any atom is 0.243 e. The second-order valence-corrected chi connectivity index (χ2v) is 7.64. The fourth-order valence-corrected chi connectivity index (χ4v) is 3.61. The second kappa shape index (κ2) is 10.6. The second-order valence-electron chi connectivity index (χ2n) is 7.64. The van der Waals surface area contributed by atoms with E-state index in [1.54, 1.807) is 7.11 Å². The van der Waals surface area contributed by atoms with Gasteiger partial charge in [-0.15, -0.1) is 0 Å². The van der Waals surface area contributed by atoms with Gasteiger partial charge in [0.15, 0.2) is 0 Å². The molecule has 0 bridgehead atoms. The minimum absolute atomic E-state index is 0.0294. The normalized spacial score (nSPS) is 11.9. The Hall–Kier alpha value is -3.37. The molecule has 1 unspecified atom stereocenters. The molecule has 1 atom stereocenters. The number of methoxy groups -OCH3 is 1. The maximum absolute atomic E-state index is 6.36. The summed E-state index contributed by atoms with van der Waals surface area (Å²) in [6.45, 7) is 2.27. The van der Waals surface area contributed by atoms with Crippen molar-refractivity contribution in [2.24, 2.45) is 0 Å². The van der Waals surface area contributed by atoms with Gasteiger partial charge in [0.25, 0.3) is 0 Å². The predicted molar refractivity (Wildman–Crippen MR) is 122 cm³/mol. The van der Waals surface area contributed by atoms with Crippen LogP contribution in [0, 0.1) is 0 Å². The third kappa shape index (κ3) is 6.06. The fourth-order valence-electron chi connectivity index (χ4n) is 3.61. The molecule has 0 radical (unpaired) electrons. The Labute approximate surface area is 184 Å². The Morgan fingerprint density at radius 2 is 1.55 bits per heavy atom. The number of aryl methyl sites for hydroxylation is 2. The Bertz CT molecular complexity index is 1040. The highest BCUT2D eigenvalue weighted by atomic mass is 16.5. The number of hydrogen-bond acceptors (Lipinski definition) is 2. The van der Waals surface area contributed by atoms with Crippen LogP contribution in [0.4, 0.5) is 0 Å². The first-order chi connectivity index (χ1) is 15.3. The summed E-state index contributed by atoms with van der Waals surface area (Å²) in [5.74, 6) is 0.857. The Kier molecular flexibility index (Phi) is 7.14. The number of hydrogen-bond donors (Lipinski definition) is 0. The van der Waals surface area contributed by atoms with Gasteiger partial charge in [-0.05, 0) is 28.8 Å². The van der Waals surface area contributed by atoms with E-state index in [1.165, 1.54) is 11.1 Å². The minimum Gasteiger partial charge on any atom is -0.497 e. The molecule has 4 aromatic rings. The molecule has 3 aromatic carbocycles. The van der Waals surface area contributed by atoms with Gasteiger partial charge in [0.1, 0.15) is 30.8 Å². The van der Waals surface area contributed by atoms with E-state index >= 15 is 0 Å². The van der Waals surface area contributed by atoms with Crippen molar-refractivity contribution in [1.82, 2.24) is 4.57 Å². The van der Waals surface area contributed by atoms with Gasteiger partial charge in [0, 0.05) is 6.42 Å². The number of benzene rings is 3. The van der Waals surface area contributed by atoms with E-state index in [0.717, 1.165) is 30.8 Å². The van der Waals surface area contributed by atoms with Gasteiger partial charge >= 0.3 is 0 Å². The zero-order chi connectivity index (χ0) is 21.3. The van der Waals surface area contributed by atoms with E-state index in [9.17, 15) is 0 Å². The van der Waals surface area contributed by atoms with Gasteiger partial charge in [0.05, 0.1) is 20.3 Å². The van der Waals surface area contributed by atoms with E-state index in [1.807, 2.05) is 30.3 Å². The summed E-state index contributed by atoms with van der Waals surface area (Å²) in [6, 6.07) is 29.1. The first-order valence-corrected chi connectivity index (χ1v) is 10.7. The topological polar surface area (TPSA) is 27.3 Å². The standard InChI is InChI=1S/C27H29N2O2/c1-30-26-14-12-24(13-15-26)21-31-27(25-10-6-3-7-11-25)20-29-19-18-28(22-29)17-16-23-8-4-2-5-9-23/h2-15,18-19,22,27H,16-17,20-21H2,1H3/q+1. The van der Waals surface area contributed by atoms with E-state index in [-0.39, 0.29) is 6.10 Å². The minimum atomic E-state index is -0.0294. The molecule has 4 nitrogen and oxygen atoms in total. The molecular formula is C27H29N2O2+. The first-order valence-electron chi connectivity index (χ1n) is 10.7. The lowest BCUT2D eigenvalue weighted by atomic mass is 10.1. The van der Waals surface area contributed by atoms with Crippen molar-refractivity contribution in [2.75, 3.05) is 7.11 Å². The molecule has 4 heteroatoms. The largest absolute Gasteiger partial charge is 0.497 e. The molecule has 0 aliphatic carbocycles. The Balaban J connectivity index is 1.40. The zero-order valence-electron chi connectivity index (χ0n) is 17.9. The number of imidazole rings is 1. The zero-order valence-corrected chi connectivity index (χ0v) is 17.9. The highest BCUT2D eigenvalue weighted by molar-refractivity contribution is 5.27. The van der Waals surface area contributed by atoms with Crippen LogP contribution in [0.2, 0.25) is 0 Å². The van der Waals surface area contributed by atoms with Gasteiger partial charge in [-0.2, -0.15) is 0 Å². The molecule has 0 saturated heterocycles. The molecule has 158 valence electrons. The molecule has 0 N–H and O–H groups in total. The molecule has 0 amide bonds. The monoisotopic (exact) mass is 413 g/mol. The van der Waals surface area contributed by atoms with Crippen LogP contribution in [0.5, 0.6) is 5.75 Å². The van der Waals surface area contributed by atoms with Crippen molar-refractivity contribution in [3.05, 3.63) is 120 Å². The Morgan fingerprint density at radius 1 is 0.839 bits per heavy atom. The lowest BCUT2D eigenvalue weighted by Crippen LogP contribution is -2.35. The number of rotatable bonds is 10. The lowest BCUT2D eigenvalue weighted by molar-refractivity contribution is -0.704. The van der Waals surface area contributed by atoms with Crippen LogP contribution in [0.3, 0.4) is 0 Å². The highest BCUT2D eigenvalue weighted by Crippen LogP contribution is 2.20. The van der Waals surface area contributed by atoms with Gasteiger partial charge in [0.2, 0.25) is 6.33 Å². The van der Waals surface area contributed by atoms with Gasteiger partial charge < -0.3 is 9.47 Å². The molecular weight excluding hydrogens is 384 g/mol. The van der Waals surface area contributed by atoms with Crippen molar-refractivity contribution in [1.29, 1.82) is 0 Å².